The largest absolute Gasteiger partial charge is 0.385 e. The summed E-state index contributed by atoms with van der Waals surface area (Å²) >= 11 is 0. The maximum atomic E-state index is 12.4. The van der Waals surface area contributed by atoms with Gasteiger partial charge in [-0.2, -0.15) is 0 Å². The number of nitrogens with one attached hydrogen (secondary N) is 1. The predicted molar refractivity (Wildman–Crippen MR) is 62.6 cm³/mol. The Kier molecular flexibility index (Phi) is 3.65. The van der Waals surface area contributed by atoms with Crippen molar-refractivity contribution in [2.45, 2.75) is 32.1 Å². The van der Waals surface area contributed by atoms with E-state index >= 15 is 0 Å². The Balaban J connectivity index is 2.12. The minimum Gasteiger partial charge on any atom is -0.385 e. The van der Waals surface area contributed by atoms with Crippen molar-refractivity contribution in [1.82, 2.24) is 10.2 Å². The van der Waals surface area contributed by atoms with Crippen LogP contribution < -0.4 is 5.32 Å². The van der Waals surface area contributed by atoms with Gasteiger partial charge in [0, 0.05) is 20.3 Å². The number of carbonyl (C=O) groups excluding carboxylic acids is 3. The highest BCUT2D eigenvalue weighted by Gasteiger charge is 2.54. The lowest BCUT2D eigenvalue weighted by Gasteiger charge is -2.36. The minimum absolute atomic E-state index is 0.299. The molecule has 1 aliphatic heterocycles. The third kappa shape index (κ3) is 2.01. The molecule has 2 fully saturated rings. The fourth-order valence-corrected chi connectivity index (χ4v) is 2.72. The van der Waals surface area contributed by atoms with E-state index in [1.54, 1.807) is 7.11 Å². The fraction of sp³-hybridized carbons (Fsp3) is 0.750. The molecule has 1 aliphatic carbocycles. The molecular weight excluding hydrogens is 236 g/mol. The molecule has 100 valence electrons. The molecule has 0 aromatic heterocycles. The molecule has 0 aromatic rings. The van der Waals surface area contributed by atoms with Gasteiger partial charge in [-0.15, -0.1) is 0 Å². The van der Waals surface area contributed by atoms with Crippen molar-refractivity contribution in [3.8, 4) is 0 Å². The Morgan fingerprint density at radius 1 is 1.28 bits per heavy atom. The molecule has 6 heteroatoms. The van der Waals surface area contributed by atoms with Gasteiger partial charge in [0.25, 0.3) is 0 Å². The van der Waals surface area contributed by atoms with Crippen LogP contribution in [0.5, 0.6) is 0 Å². The van der Waals surface area contributed by atoms with E-state index in [4.69, 9.17) is 4.74 Å². The first-order valence-electron chi connectivity index (χ1n) is 6.28. The van der Waals surface area contributed by atoms with E-state index in [0.717, 1.165) is 17.7 Å². The fourth-order valence-electron chi connectivity index (χ4n) is 2.72. The standard InChI is InChI=1S/C12H18N2O4/c1-18-8-4-7-14-10(16)12(5-2-3-6-12)9(15)13-11(14)17/h2-8H2,1H3,(H,13,15,17). The summed E-state index contributed by atoms with van der Waals surface area (Å²) in [4.78, 5) is 37.1. The number of ether oxygens (including phenoxy) is 1. The van der Waals surface area contributed by atoms with Gasteiger partial charge in [-0.25, -0.2) is 4.79 Å². The lowest BCUT2D eigenvalue weighted by molar-refractivity contribution is -0.151. The van der Waals surface area contributed by atoms with Gasteiger partial charge in [0.1, 0.15) is 5.41 Å². The number of amides is 4. The monoisotopic (exact) mass is 254 g/mol. The molecule has 6 nitrogen and oxygen atoms in total. The second-order valence-electron chi connectivity index (χ2n) is 4.85. The van der Waals surface area contributed by atoms with Crippen molar-refractivity contribution >= 4 is 17.8 Å². The molecule has 4 amide bonds. The van der Waals surface area contributed by atoms with Crippen LogP contribution in [0.25, 0.3) is 0 Å². The van der Waals surface area contributed by atoms with E-state index in [2.05, 4.69) is 5.32 Å². The van der Waals surface area contributed by atoms with E-state index in [1.807, 2.05) is 0 Å². The third-order valence-corrected chi connectivity index (χ3v) is 3.74. The molecule has 0 radical (unpaired) electrons. The number of barbiturate groups is 1. The molecule has 1 saturated carbocycles. The molecule has 1 spiro atoms. The first-order valence-corrected chi connectivity index (χ1v) is 6.28. The van der Waals surface area contributed by atoms with E-state index < -0.39 is 17.4 Å². The smallest absolute Gasteiger partial charge is 0.330 e. The van der Waals surface area contributed by atoms with Crippen LogP contribution in [-0.4, -0.2) is 43.0 Å². The Morgan fingerprint density at radius 3 is 2.56 bits per heavy atom. The van der Waals surface area contributed by atoms with Crippen LogP contribution in [0.2, 0.25) is 0 Å². The Labute approximate surface area is 106 Å². The molecule has 0 aromatic carbocycles. The Morgan fingerprint density at radius 2 is 1.94 bits per heavy atom. The molecule has 0 unspecified atom stereocenters. The average Bonchev–Trinajstić information content (AvgIpc) is 2.82. The minimum atomic E-state index is -0.985. The molecule has 1 saturated heterocycles. The maximum Gasteiger partial charge on any atom is 0.330 e. The Bertz CT molecular complexity index is 374. The van der Waals surface area contributed by atoms with Crippen molar-refractivity contribution in [2.24, 2.45) is 5.41 Å². The number of imide groups is 2. The zero-order valence-electron chi connectivity index (χ0n) is 10.5. The number of carbonyl (C=O) groups is 3. The van der Waals surface area contributed by atoms with Crippen molar-refractivity contribution in [2.75, 3.05) is 20.3 Å². The van der Waals surface area contributed by atoms with Crippen LogP contribution in [0.15, 0.2) is 0 Å². The topological polar surface area (TPSA) is 75.7 Å². The number of rotatable bonds is 4. The normalized spacial score (nSPS) is 22.7. The van der Waals surface area contributed by atoms with E-state index in [1.165, 1.54) is 0 Å². The molecular formula is C12H18N2O4. The highest BCUT2D eigenvalue weighted by molar-refractivity contribution is 6.19. The van der Waals surface area contributed by atoms with Crippen LogP contribution in [0.4, 0.5) is 4.79 Å². The SMILES string of the molecule is COCCCN1C(=O)NC(=O)C2(CCCC2)C1=O. The van der Waals surface area contributed by atoms with E-state index in [-0.39, 0.29) is 5.91 Å². The van der Waals surface area contributed by atoms with Gasteiger partial charge in [0.15, 0.2) is 0 Å². The van der Waals surface area contributed by atoms with Gasteiger partial charge in [-0.05, 0) is 19.3 Å². The van der Waals surface area contributed by atoms with E-state index in [0.29, 0.717) is 32.4 Å². The molecule has 1 heterocycles. The average molecular weight is 254 g/mol. The first kappa shape index (κ1) is 13.0. The maximum absolute atomic E-state index is 12.4. The molecule has 0 atom stereocenters. The Hall–Kier alpha value is -1.43. The van der Waals surface area contributed by atoms with Crippen molar-refractivity contribution in [3.05, 3.63) is 0 Å². The van der Waals surface area contributed by atoms with Gasteiger partial charge in [-0.3, -0.25) is 19.8 Å². The summed E-state index contributed by atoms with van der Waals surface area (Å²) in [6.45, 7) is 0.783. The lowest BCUT2D eigenvalue weighted by atomic mass is 9.82. The van der Waals surface area contributed by atoms with Crippen LogP contribution in [0.3, 0.4) is 0 Å². The number of hydrogen-bond donors (Lipinski definition) is 1. The number of hydrogen-bond acceptors (Lipinski definition) is 4. The summed E-state index contributed by atoms with van der Waals surface area (Å²) in [6, 6.07) is -0.598. The van der Waals surface area contributed by atoms with Crippen LogP contribution in [0, 0.1) is 5.41 Å². The third-order valence-electron chi connectivity index (χ3n) is 3.74. The second kappa shape index (κ2) is 5.06. The highest BCUT2D eigenvalue weighted by atomic mass is 16.5. The van der Waals surface area contributed by atoms with Crippen molar-refractivity contribution < 1.29 is 19.1 Å². The molecule has 2 aliphatic rings. The summed E-state index contributed by atoms with van der Waals surface area (Å²) < 4.78 is 4.90. The summed E-state index contributed by atoms with van der Waals surface area (Å²) in [5.41, 5.74) is -0.985. The van der Waals surface area contributed by atoms with Crippen molar-refractivity contribution in [1.29, 1.82) is 0 Å². The molecule has 0 bridgehead atoms. The zero-order chi connectivity index (χ0) is 13.2. The van der Waals surface area contributed by atoms with Gasteiger partial charge in [-0.1, -0.05) is 12.8 Å². The quantitative estimate of drug-likeness (QED) is 0.590. The summed E-state index contributed by atoms with van der Waals surface area (Å²) in [6.07, 6.45) is 3.40. The number of nitrogens with zero attached hydrogens (tertiary/aromatic N) is 1. The molecule has 2 rings (SSSR count). The second-order valence-corrected chi connectivity index (χ2v) is 4.85. The van der Waals surface area contributed by atoms with Crippen LogP contribution >= 0.6 is 0 Å². The first-order chi connectivity index (χ1) is 8.62. The predicted octanol–water partition coefficient (Wildman–Crippen LogP) is 0.662. The van der Waals surface area contributed by atoms with Gasteiger partial charge in [0.2, 0.25) is 11.8 Å². The highest BCUT2D eigenvalue weighted by Crippen LogP contribution is 2.41. The van der Waals surface area contributed by atoms with Crippen molar-refractivity contribution in [3.63, 3.8) is 0 Å². The lowest BCUT2D eigenvalue weighted by Crippen LogP contribution is -2.63. The van der Waals surface area contributed by atoms with Crippen LogP contribution in [0.1, 0.15) is 32.1 Å². The van der Waals surface area contributed by atoms with Gasteiger partial charge >= 0.3 is 6.03 Å². The van der Waals surface area contributed by atoms with E-state index in [9.17, 15) is 14.4 Å². The van der Waals surface area contributed by atoms with Crippen LogP contribution in [-0.2, 0) is 14.3 Å². The summed E-state index contributed by atoms with van der Waals surface area (Å²) in [7, 11) is 1.57. The molecule has 18 heavy (non-hydrogen) atoms. The van der Waals surface area contributed by atoms with Gasteiger partial charge in [0.05, 0.1) is 0 Å². The zero-order valence-corrected chi connectivity index (χ0v) is 10.5. The van der Waals surface area contributed by atoms with Gasteiger partial charge < -0.3 is 4.74 Å². The number of urea groups is 1. The summed E-state index contributed by atoms with van der Waals surface area (Å²) in [5, 5.41) is 2.31. The number of methoxy groups -OCH3 is 1. The molecule has 1 N–H and O–H groups in total. The summed E-state index contributed by atoms with van der Waals surface area (Å²) in [5.74, 6) is -0.747.